The first-order chi connectivity index (χ1) is 11.3. The molecule has 23 heavy (non-hydrogen) atoms. The zero-order valence-electron chi connectivity index (χ0n) is 12.9. The van der Waals surface area contributed by atoms with Gasteiger partial charge in [-0.3, -0.25) is 4.79 Å². The molecule has 3 aromatic rings. The number of thiophene rings is 1. The molecule has 0 aliphatic carbocycles. The zero-order chi connectivity index (χ0) is 16.1. The van der Waals surface area contributed by atoms with Gasteiger partial charge in [-0.25, -0.2) is 9.97 Å². The third kappa shape index (κ3) is 3.48. The normalized spacial score (nSPS) is 10.7. The van der Waals surface area contributed by atoms with Gasteiger partial charge in [-0.1, -0.05) is 37.3 Å². The SMILES string of the molecule is CCCNC(=O)CNc1ncnc2scc(-c3ccccc3)c12. The monoisotopic (exact) mass is 326 g/mol. The van der Waals surface area contributed by atoms with E-state index in [2.05, 4.69) is 38.1 Å². The predicted octanol–water partition coefficient (Wildman–Crippen LogP) is 3.30. The lowest BCUT2D eigenvalue weighted by Gasteiger charge is -2.08. The van der Waals surface area contributed by atoms with E-state index in [0.29, 0.717) is 12.4 Å². The molecule has 0 unspecified atom stereocenters. The summed E-state index contributed by atoms with van der Waals surface area (Å²) in [5.41, 5.74) is 2.20. The van der Waals surface area contributed by atoms with Crippen molar-refractivity contribution in [2.24, 2.45) is 0 Å². The Hall–Kier alpha value is -2.47. The van der Waals surface area contributed by atoms with E-state index in [-0.39, 0.29) is 12.5 Å². The lowest BCUT2D eigenvalue weighted by molar-refractivity contribution is -0.119. The van der Waals surface area contributed by atoms with Crippen LogP contribution in [0.5, 0.6) is 0 Å². The van der Waals surface area contributed by atoms with Crippen LogP contribution >= 0.6 is 11.3 Å². The zero-order valence-corrected chi connectivity index (χ0v) is 13.7. The molecule has 0 atom stereocenters. The maximum Gasteiger partial charge on any atom is 0.239 e. The summed E-state index contributed by atoms with van der Waals surface area (Å²) in [4.78, 5) is 21.4. The minimum atomic E-state index is -0.0323. The number of amides is 1. The second-order valence-corrected chi connectivity index (χ2v) is 5.98. The summed E-state index contributed by atoms with van der Waals surface area (Å²) < 4.78 is 0. The number of hydrogen-bond acceptors (Lipinski definition) is 5. The number of nitrogens with zero attached hydrogens (tertiary/aromatic N) is 2. The van der Waals surface area contributed by atoms with Crippen molar-refractivity contribution in [3.8, 4) is 11.1 Å². The second-order valence-electron chi connectivity index (χ2n) is 5.12. The number of benzene rings is 1. The third-order valence-electron chi connectivity index (χ3n) is 3.44. The highest BCUT2D eigenvalue weighted by molar-refractivity contribution is 7.17. The van der Waals surface area contributed by atoms with Gasteiger partial charge >= 0.3 is 0 Å². The molecule has 0 bridgehead atoms. The Morgan fingerprint density at radius 3 is 2.83 bits per heavy atom. The molecule has 0 saturated heterocycles. The molecule has 0 spiro atoms. The van der Waals surface area contributed by atoms with Gasteiger partial charge in [-0.2, -0.15) is 0 Å². The van der Waals surface area contributed by atoms with E-state index >= 15 is 0 Å². The van der Waals surface area contributed by atoms with Crippen LogP contribution in [0.25, 0.3) is 21.3 Å². The van der Waals surface area contributed by atoms with Crippen LogP contribution < -0.4 is 10.6 Å². The average Bonchev–Trinajstić information content (AvgIpc) is 3.03. The van der Waals surface area contributed by atoms with Gasteiger partial charge in [0.25, 0.3) is 0 Å². The first-order valence-corrected chi connectivity index (χ1v) is 8.45. The average molecular weight is 326 g/mol. The van der Waals surface area contributed by atoms with E-state index in [1.165, 1.54) is 6.33 Å². The molecule has 2 N–H and O–H groups in total. The van der Waals surface area contributed by atoms with Crippen LogP contribution in [-0.2, 0) is 4.79 Å². The summed E-state index contributed by atoms with van der Waals surface area (Å²) in [7, 11) is 0. The quantitative estimate of drug-likeness (QED) is 0.729. The van der Waals surface area contributed by atoms with Crippen molar-refractivity contribution in [3.63, 3.8) is 0 Å². The van der Waals surface area contributed by atoms with Crippen molar-refractivity contribution >= 4 is 33.3 Å². The summed E-state index contributed by atoms with van der Waals surface area (Å²) in [6, 6.07) is 10.1. The summed E-state index contributed by atoms with van der Waals surface area (Å²) in [5.74, 6) is 0.664. The predicted molar refractivity (Wildman–Crippen MR) is 94.6 cm³/mol. The van der Waals surface area contributed by atoms with Gasteiger partial charge in [-0.05, 0) is 12.0 Å². The van der Waals surface area contributed by atoms with Crippen molar-refractivity contribution in [1.82, 2.24) is 15.3 Å². The van der Waals surface area contributed by atoms with Gasteiger partial charge in [0.2, 0.25) is 5.91 Å². The fourth-order valence-electron chi connectivity index (χ4n) is 2.33. The van der Waals surface area contributed by atoms with Crippen LogP contribution in [0.2, 0.25) is 0 Å². The molecule has 0 saturated carbocycles. The Labute approximate surface area is 138 Å². The van der Waals surface area contributed by atoms with E-state index in [4.69, 9.17) is 0 Å². The van der Waals surface area contributed by atoms with Crippen molar-refractivity contribution < 1.29 is 4.79 Å². The van der Waals surface area contributed by atoms with E-state index in [1.54, 1.807) is 11.3 Å². The van der Waals surface area contributed by atoms with Crippen molar-refractivity contribution in [3.05, 3.63) is 42.0 Å². The molecule has 1 aromatic carbocycles. The fraction of sp³-hybridized carbons (Fsp3) is 0.235. The number of nitrogens with one attached hydrogen (secondary N) is 2. The van der Waals surface area contributed by atoms with Crippen LogP contribution in [0.3, 0.4) is 0 Å². The number of carbonyl (C=O) groups excluding carboxylic acids is 1. The number of fused-ring (bicyclic) bond motifs is 1. The molecule has 3 rings (SSSR count). The molecule has 2 aromatic heterocycles. The molecule has 118 valence electrons. The number of hydrogen-bond donors (Lipinski definition) is 2. The number of carbonyl (C=O) groups is 1. The maximum atomic E-state index is 11.8. The smallest absolute Gasteiger partial charge is 0.239 e. The fourth-order valence-corrected chi connectivity index (χ4v) is 3.25. The Morgan fingerprint density at radius 2 is 2.04 bits per heavy atom. The minimum Gasteiger partial charge on any atom is -0.360 e. The Morgan fingerprint density at radius 1 is 1.22 bits per heavy atom. The summed E-state index contributed by atoms with van der Waals surface area (Å²) in [5, 5.41) is 9.03. The van der Waals surface area contributed by atoms with Crippen LogP contribution in [-0.4, -0.2) is 29.0 Å². The summed E-state index contributed by atoms with van der Waals surface area (Å²) >= 11 is 1.58. The summed E-state index contributed by atoms with van der Waals surface area (Å²) in [6.45, 7) is 2.92. The molecule has 0 fully saturated rings. The molecule has 0 radical (unpaired) electrons. The topological polar surface area (TPSA) is 66.9 Å². The Kier molecular flexibility index (Phi) is 4.83. The van der Waals surface area contributed by atoms with Gasteiger partial charge < -0.3 is 10.6 Å². The largest absolute Gasteiger partial charge is 0.360 e. The highest BCUT2D eigenvalue weighted by Crippen LogP contribution is 2.36. The number of aromatic nitrogens is 2. The van der Waals surface area contributed by atoms with E-state index in [9.17, 15) is 4.79 Å². The van der Waals surface area contributed by atoms with Crippen molar-refractivity contribution in [2.75, 3.05) is 18.4 Å². The molecule has 0 aliphatic rings. The molecule has 5 nitrogen and oxygen atoms in total. The summed E-state index contributed by atoms with van der Waals surface area (Å²) in [6.07, 6.45) is 2.45. The first kappa shape index (κ1) is 15.4. The van der Waals surface area contributed by atoms with Gasteiger partial charge in [0.15, 0.2) is 0 Å². The van der Waals surface area contributed by atoms with Crippen LogP contribution in [0.15, 0.2) is 42.0 Å². The second kappa shape index (κ2) is 7.19. The van der Waals surface area contributed by atoms with Gasteiger partial charge in [-0.15, -0.1) is 11.3 Å². The molecule has 1 amide bonds. The molecular weight excluding hydrogens is 308 g/mol. The lowest BCUT2D eigenvalue weighted by Crippen LogP contribution is -2.30. The highest BCUT2D eigenvalue weighted by Gasteiger charge is 2.13. The van der Waals surface area contributed by atoms with E-state index in [1.807, 2.05) is 25.1 Å². The number of rotatable bonds is 6. The number of anilines is 1. The highest BCUT2D eigenvalue weighted by atomic mass is 32.1. The van der Waals surface area contributed by atoms with E-state index < -0.39 is 0 Å². The van der Waals surface area contributed by atoms with Crippen LogP contribution in [0.4, 0.5) is 5.82 Å². The molecular formula is C17H18N4OS. The molecule has 0 aliphatic heterocycles. The van der Waals surface area contributed by atoms with Gasteiger partial charge in [0.1, 0.15) is 17.0 Å². The van der Waals surface area contributed by atoms with Crippen LogP contribution in [0.1, 0.15) is 13.3 Å². The van der Waals surface area contributed by atoms with Gasteiger partial charge in [0, 0.05) is 17.5 Å². The molecule has 6 heteroatoms. The van der Waals surface area contributed by atoms with Crippen molar-refractivity contribution in [2.45, 2.75) is 13.3 Å². The van der Waals surface area contributed by atoms with Crippen LogP contribution in [0, 0.1) is 0 Å². The van der Waals surface area contributed by atoms with Gasteiger partial charge in [0.05, 0.1) is 11.9 Å². The van der Waals surface area contributed by atoms with Crippen molar-refractivity contribution in [1.29, 1.82) is 0 Å². The Balaban J connectivity index is 1.89. The maximum absolute atomic E-state index is 11.8. The lowest BCUT2D eigenvalue weighted by atomic mass is 10.1. The van der Waals surface area contributed by atoms with E-state index in [0.717, 1.165) is 27.8 Å². The first-order valence-electron chi connectivity index (χ1n) is 7.57. The Bertz CT molecular complexity index is 801. The minimum absolute atomic E-state index is 0.0323. The standard InChI is InChI=1S/C17H18N4OS/c1-2-8-18-14(22)9-19-16-15-13(12-6-4-3-5-7-12)10-23-17(15)21-11-20-16/h3-7,10-11H,2,8-9H2,1H3,(H,18,22)(H,19,20,21). The molecule has 2 heterocycles. The third-order valence-corrected chi connectivity index (χ3v) is 4.33.